The van der Waals surface area contributed by atoms with Crippen molar-refractivity contribution < 1.29 is 4.79 Å². The standard InChI is InChI=1S/C13H19BrN2OS.ClH/c1-10(8-15)9-16-13(17)6-7-18-12-4-2-11(14)3-5-12;/h2-5,10H,6-9,15H2,1H3,(H,16,17);1H. The van der Waals surface area contributed by atoms with Crippen molar-refractivity contribution in [2.24, 2.45) is 11.7 Å². The highest BCUT2D eigenvalue weighted by molar-refractivity contribution is 9.10. The zero-order valence-corrected chi connectivity index (χ0v) is 14.1. The van der Waals surface area contributed by atoms with E-state index in [-0.39, 0.29) is 18.3 Å². The summed E-state index contributed by atoms with van der Waals surface area (Å²) in [6, 6.07) is 8.10. The van der Waals surface area contributed by atoms with Gasteiger partial charge in [-0.1, -0.05) is 22.9 Å². The Morgan fingerprint density at radius 2 is 2.05 bits per heavy atom. The Bertz CT molecular complexity index is 375. The van der Waals surface area contributed by atoms with Crippen molar-refractivity contribution in [1.82, 2.24) is 5.32 Å². The van der Waals surface area contributed by atoms with Crippen LogP contribution in [-0.2, 0) is 4.79 Å². The molecule has 0 aliphatic carbocycles. The molecule has 1 aromatic rings. The molecule has 0 aromatic heterocycles. The van der Waals surface area contributed by atoms with Crippen molar-refractivity contribution in [3.63, 3.8) is 0 Å². The molecule has 0 heterocycles. The first kappa shape index (κ1) is 18.8. The number of hydrogen-bond donors (Lipinski definition) is 2. The zero-order valence-electron chi connectivity index (χ0n) is 10.9. The van der Waals surface area contributed by atoms with Crippen LogP contribution in [0.5, 0.6) is 0 Å². The van der Waals surface area contributed by atoms with Gasteiger partial charge in [0.15, 0.2) is 0 Å². The monoisotopic (exact) mass is 366 g/mol. The van der Waals surface area contributed by atoms with E-state index in [1.54, 1.807) is 11.8 Å². The highest BCUT2D eigenvalue weighted by atomic mass is 79.9. The van der Waals surface area contributed by atoms with Crippen LogP contribution >= 0.6 is 40.1 Å². The fraction of sp³-hybridized carbons (Fsp3) is 0.462. The molecule has 0 spiro atoms. The van der Waals surface area contributed by atoms with Crippen LogP contribution in [0, 0.1) is 5.92 Å². The maximum absolute atomic E-state index is 11.5. The quantitative estimate of drug-likeness (QED) is 0.728. The minimum Gasteiger partial charge on any atom is -0.356 e. The van der Waals surface area contributed by atoms with E-state index in [0.29, 0.717) is 25.4 Å². The van der Waals surface area contributed by atoms with E-state index < -0.39 is 0 Å². The topological polar surface area (TPSA) is 55.1 Å². The SMILES string of the molecule is CC(CN)CNC(=O)CCSc1ccc(Br)cc1.Cl. The van der Waals surface area contributed by atoms with E-state index in [2.05, 4.69) is 21.2 Å². The summed E-state index contributed by atoms with van der Waals surface area (Å²) in [5.41, 5.74) is 5.49. The molecule has 0 bridgehead atoms. The van der Waals surface area contributed by atoms with Crippen molar-refractivity contribution in [1.29, 1.82) is 0 Å². The van der Waals surface area contributed by atoms with Gasteiger partial charge in [0.2, 0.25) is 5.91 Å². The van der Waals surface area contributed by atoms with Crippen molar-refractivity contribution >= 4 is 46.0 Å². The van der Waals surface area contributed by atoms with Crippen molar-refractivity contribution in [3.05, 3.63) is 28.7 Å². The lowest BCUT2D eigenvalue weighted by molar-refractivity contribution is -0.120. The first-order valence-corrected chi connectivity index (χ1v) is 7.75. The summed E-state index contributed by atoms with van der Waals surface area (Å²) >= 11 is 5.09. The van der Waals surface area contributed by atoms with E-state index in [9.17, 15) is 4.79 Å². The van der Waals surface area contributed by atoms with E-state index in [0.717, 1.165) is 10.2 Å². The van der Waals surface area contributed by atoms with Crippen LogP contribution in [0.3, 0.4) is 0 Å². The number of benzene rings is 1. The third-order valence-corrected chi connectivity index (χ3v) is 4.00. The van der Waals surface area contributed by atoms with Crippen LogP contribution in [0.4, 0.5) is 0 Å². The third kappa shape index (κ3) is 8.52. The van der Waals surface area contributed by atoms with Gasteiger partial charge >= 0.3 is 0 Å². The number of thioether (sulfide) groups is 1. The first-order valence-electron chi connectivity index (χ1n) is 5.97. The number of carbonyl (C=O) groups is 1. The predicted molar refractivity (Wildman–Crippen MR) is 88.0 cm³/mol. The Hall–Kier alpha value is -0.230. The van der Waals surface area contributed by atoms with Crippen LogP contribution in [-0.4, -0.2) is 24.7 Å². The molecule has 1 atom stereocenters. The largest absolute Gasteiger partial charge is 0.356 e. The molecule has 0 aliphatic rings. The number of hydrogen-bond acceptors (Lipinski definition) is 3. The molecule has 1 unspecified atom stereocenters. The third-order valence-electron chi connectivity index (χ3n) is 2.46. The van der Waals surface area contributed by atoms with Crippen LogP contribution < -0.4 is 11.1 Å². The Morgan fingerprint density at radius 3 is 2.63 bits per heavy atom. The van der Waals surface area contributed by atoms with Crippen molar-refractivity contribution in [2.45, 2.75) is 18.2 Å². The van der Waals surface area contributed by atoms with Gasteiger partial charge in [0.25, 0.3) is 0 Å². The number of carbonyl (C=O) groups excluding carboxylic acids is 1. The molecule has 0 aliphatic heterocycles. The Balaban J connectivity index is 0.00000324. The molecule has 19 heavy (non-hydrogen) atoms. The summed E-state index contributed by atoms with van der Waals surface area (Å²) in [7, 11) is 0. The molecule has 6 heteroatoms. The molecule has 1 rings (SSSR count). The van der Waals surface area contributed by atoms with Gasteiger partial charge in [0, 0.05) is 28.1 Å². The second-order valence-electron chi connectivity index (χ2n) is 4.20. The molecule has 1 aromatic carbocycles. The average molecular weight is 368 g/mol. The molecule has 0 saturated heterocycles. The molecule has 0 saturated carbocycles. The highest BCUT2D eigenvalue weighted by Crippen LogP contribution is 2.20. The van der Waals surface area contributed by atoms with Gasteiger partial charge in [-0.2, -0.15) is 0 Å². The zero-order chi connectivity index (χ0) is 13.4. The van der Waals surface area contributed by atoms with E-state index in [4.69, 9.17) is 5.73 Å². The van der Waals surface area contributed by atoms with Crippen LogP contribution in [0.25, 0.3) is 0 Å². The maximum Gasteiger partial charge on any atom is 0.220 e. The molecule has 0 radical (unpaired) electrons. The minimum atomic E-state index is 0. The summed E-state index contributed by atoms with van der Waals surface area (Å²) in [5.74, 6) is 1.23. The molecule has 1 amide bonds. The summed E-state index contributed by atoms with van der Waals surface area (Å²) in [4.78, 5) is 12.7. The number of amides is 1. The highest BCUT2D eigenvalue weighted by Gasteiger charge is 2.04. The Kier molecular flexibility index (Phi) is 10.4. The number of halogens is 2. The normalized spacial score (nSPS) is 11.5. The number of nitrogens with two attached hydrogens (primary N) is 1. The predicted octanol–water partition coefficient (Wildman–Crippen LogP) is 3.06. The van der Waals surface area contributed by atoms with Gasteiger partial charge in [0.05, 0.1) is 0 Å². The van der Waals surface area contributed by atoms with Gasteiger partial charge in [-0.3, -0.25) is 4.79 Å². The van der Waals surface area contributed by atoms with Crippen molar-refractivity contribution in [2.75, 3.05) is 18.8 Å². The first-order chi connectivity index (χ1) is 8.61. The van der Waals surface area contributed by atoms with Crippen LogP contribution in [0.1, 0.15) is 13.3 Å². The molecular weight excluding hydrogens is 348 g/mol. The second-order valence-corrected chi connectivity index (χ2v) is 6.28. The van der Waals surface area contributed by atoms with Crippen molar-refractivity contribution in [3.8, 4) is 0 Å². The maximum atomic E-state index is 11.5. The summed E-state index contributed by atoms with van der Waals surface area (Å²) in [6.07, 6.45) is 0.540. The average Bonchev–Trinajstić information content (AvgIpc) is 2.38. The fourth-order valence-corrected chi connectivity index (χ4v) is 2.37. The molecule has 3 nitrogen and oxygen atoms in total. The number of nitrogens with one attached hydrogen (secondary N) is 1. The Labute approximate surface area is 133 Å². The summed E-state index contributed by atoms with van der Waals surface area (Å²) in [6.45, 7) is 3.29. The smallest absolute Gasteiger partial charge is 0.220 e. The van der Waals surface area contributed by atoms with E-state index in [1.165, 1.54) is 4.90 Å². The summed E-state index contributed by atoms with van der Waals surface area (Å²) in [5, 5.41) is 2.89. The van der Waals surface area contributed by atoms with Gasteiger partial charge in [-0.25, -0.2) is 0 Å². The fourth-order valence-electron chi connectivity index (χ4n) is 1.25. The lowest BCUT2D eigenvalue weighted by atomic mass is 10.2. The van der Waals surface area contributed by atoms with Gasteiger partial charge in [-0.05, 0) is 36.7 Å². The molecule has 0 fully saturated rings. The molecule has 3 N–H and O–H groups in total. The Morgan fingerprint density at radius 1 is 1.42 bits per heavy atom. The molecule has 108 valence electrons. The lowest BCUT2D eigenvalue weighted by Gasteiger charge is -2.09. The van der Waals surface area contributed by atoms with E-state index >= 15 is 0 Å². The van der Waals surface area contributed by atoms with Crippen LogP contribution in [0.15, 0.2) is 33.6 Å². The van der Waals surface area contributed by atoms with Gasteiger partial charge in [-0.15, -0.1) is 24.2 Å². The molecular formula is C13H20BrClN2OS. The van der Waals surface area contributed by atoms with Gasteiger partial charge < -0.3 is 11.1 Å². The summed E-state index contributed by atoms with van der Waals surface area (Å²) < 4.78 is 1.07. The lowest BCUT2D eigenvalue weighted by Crippen LogP contribution is -2.31. The van der Waals surface area contributed by atoms with E-state index in [1.807, 2.05) is 31.2 Å². The van der Waals surface area contributed by atoms with Gasteiger partial charge in [0.1, 0.15) is 0 Å². The van der Waals surface area contributed by atoms with Crippen LogP contribution in [0.2, 0.25) is 0 Å². The second kappa shape index (κ2) is 10.5. The number of rotatable bonds is 7. The minimum absolute atomic E-state index is 0.